The molecule has 4 fully saturated rings. The van der Waals surface area contributed by atoms with Crippen LogP contribution in [-0.4, -0.2) is 38.4 Å². The summed E-state index contributed by atoms with van der Waals surface area (Å²) in [6, 6.07) is 0. The summed E-state index contributed by atoms with van der Waals surface area (Å²) in [4.78, 5) is 12.9. The Labute approximate surface area is 189 Å². The first-order chi connectivity index (χ1) is 13.7. The van der Waals surface area contributed by atoms with Crippen LogP contribution in [0.3, 0.4) is 0 Å². The molecule has 2 aliphatic heterocycles. The molecule has 4 nitrogen and oxygen atoms in total. The van der Waals surface area contributed by atoms with Gasteiger partial charge in [0.2, 0.25) is 0 Å². The Hall–Kier alpha value is -0.140. The number of fused-ring (bicyclic) bond motifs is 4. The van der Waals surface area contributed by atoms with Gasteiger partial charge in [-0.2, -0.15) is 0 Å². The fraction of sp³-hybridized carbons (Fsp3) is 0.875. The van der Waals surface area contributed by atoms with E-state index in [-0.39, 0.29) is 23.9 Å². The highest BCUT2D eigenvalue weighted by atomic mass is 127. The molecule has 0 aromatic carbocycles. The van der Waals surface area contributed by atoms with Crippen LogP contribution in [0.4, 0.5) is 0 Å². The number of carbonyl (C=O) groups is 1. The number of halogens is 1. The highest BCUT2D eigenvalue weighted by Gasteiger charge is 2.70. The van der Waals surface area contributed by atoms with E-state index in [9.17, 15) is 9.90 Å². The molecule has 2 heterocycles. The fourth-order valence-corrected chi connectivity index (χ4v) is 8.03. The first-order valence-electron chi connectivity index (χ1n) is 11.7. The van der Waals surface area contributed by atoms with Crippen LogP contribution in [0.25, 0.3) is 0 Å². The normalized spacial score (nSPS) is 45.1. The van der Waals surface area contributed by atoms with Gasteiger partial charge < -0.3 is 14.6 Å². The average molecular weight is 516 g/mol. The zero-order valence-electron chi connectivity index (χ0n) is 18.1. The van der Waals surface area contributed by atoms with Crippen molar-refractivity contribution in [3.63, 3.8) is 0 Å². The number of hydrogen-bond donors (Lipinski definition) is 1. The van der Waals surface area contributed by atoms with Crippen LogP contribution in [0, 0.1) is 23.7 Å². The molecule has 0 spiro atoms. The summed E-state index contributed by atoms with van der Waals surface area (Å²) in [5.41, 5.74) is -1.08. The van der Waals surface area contributed by atoms with Crippen LogP contribution >= 0.6 is 22.6 Å². The molecule has 5 heteroatoms. The number of allylic oxidation sites excluding steroid dienone is 1. The third-order valence-electron chi connectivity index (χ3n) is 8.01. The van der Waals surface area contributed by atoms with Gasteiger partial charge in [-0.15, -0.1) is 0 Å². The number of aliphatic hydroxyl groups is 1. The van der Waals surface area contributed by atoms with Crippen LogP contribution in [-0.2, 0) is 14.3 Å². The summed E-state index contributed by atoms with van der Waals surface area (Å²) in [7, 11) is 0. The van der Waals surface area contributed by atoms with E-state index < -0.39 is 17.3 Å². The van der Waals surface area contributed by atoms with Crippen LogP contribution < -0.4 is 0 Å². The molecule has 0 amide bonds. The first-order valence-corrected chi connectivity index (χ1v) is 12.9. The van der Waals surface area contributed by atoms with Gasteiger partial charge in [0.1, 0.15) is 11.7 Å². The van der Waals surface area contributed by atoms with Gasteiger partial charge >= 0.3 is 5.97 Å². The average Bonchev–Trinajstić information content (AvgIpc) is 3.15. The summed E-state index contributed by atoms with van der Waals surface area (Å²) in [5, 5.41) is 11.0. The maximum absolute atomic E-state index is 12.9. The van der Waals surface area contributed by atoms with Gasteiger partial charge in [-0.3, -0.25) is 0 Å². The molecule has 0 aromatic rings. The molecule has 7 unspecified atom stereocenters. The third-order valence-corrected chi connectivity index (χ3v) is 9.47. The molecular weight excluding hydrogens is 479 g/mol. The predicted octanol–water partition coefficient (Wildman–Crippen LogP) is 5.20. The van der Waals surface area contributed by atoms with Crippen molar-refractivity contribution in [2.24, 2.45) is 23.7 Å². The molecule has 0 radical (unpaired) electrons. The second-order valence-electron chi connectivity index (χ2n) is 10.6. The fourth-order valence-electron chi connectivity index (χ4n) is 6.79. The van der Waals surface area contributed by atoms with Crippen LogP contribution in [0.5, 0.6) is 0 Å². The largest absolute Gasteiger partial charge is 0.456 e. The second kappa shape index (κ2) is 8.42. The van der Waals surface area contributed by atoms with Gasteiger partial charge in [0.25, 0.3) is 0 Å². The molecule has 2 bridgehead atoms. The van der Waals surface area contributed by atoms with Crippen molar-refractivity contribution in [2.45, 2.75) is 106 Å². The van der Waals surface area contributed by atoms with Crippen LogP contribution in [0.2, 0.25) is 0 Å². The molecule has 2 saturated carbocycles. The first kappa shape index (κ1) is 22.1. The number of esters is 1. The zero-order valence-corrected chi connectivity index (χ0v) is 20.3. The van der Waals surface area contributed by atoms with E-state index in [1.165, 1.54) is 32.1 Å². The van der Waals surface area contributed by atoms with Crippen molar-refractivity contribution in [1.29, 1.82) is 0 Å². The van der Waals surface area contributed by atoms with Crippen molar-refractivity contribution in [3.05, 3.63) is 12.2 Å². The molecule has 29 heavy (non-hydrogen) atoms. The number of aliphatic hydroxyl groups excluding tert-OH is 1. The third kappa shape index (κ3) is 4.05. The smallest absolute Gasteiger partial charge is 0.330 e. The molecule has 1 N–H and O–H groups in total. The Kier molecular flexibility index (Phi) is 6.41. The number of rotatable bonds is 5. The molecule has 164 valence electrons. The minimum Gasteiger partial charge on any atom is -0.456 e. The Morgan fingerprint density at radius 2 is 1.97 bits per heavy atom. The summed E-state index contributed by atoms with van der Waals surface area (Å²) in [5.74, 6) is 1.21. The van der Waals surface area contributed by atoms with E-state index in [1.807, 2.05) is 0 Å². The molecule has 4 rings (SSSR count). The predicted molar refractivity (Wildman–Crippen MR) is 122 cm³/mol. The lowest BCUT2D eigenvalue weighted by Crippen LogP contribution is -2.61. The van der Waals surface area contributed by atoms with Gasteiger partial charge in [-0.1, -0.05) is 61.8 Å². The number of ether oxygens (including phenoxy) is 2. The molecule has 7 atom stereocenters. The van der Waals surface area contributed by atoms with E-state index in [4.69, 9.17) is 9.47 Å². The summed E-state index contributed by atoms with van der Waals surface area (Å²) in [6.45, 7) is 6.46. The Balaban J connectivity index is 1.58. The molecule has 2 aliphatic carbocycles. The number of carbonyl (C=O) groups excluding carboxylic acids is 1. The standard InChI is InChI=1S/C24H37IO4/c1-15(2)13-24-14-19(26)23(3,29-24)17-10-11-18(25)21(17)22(24)28-20(27)12-9-16-7-5-4-6-8-16/h9,12,15-19,21-22,26H,4-8,10-11,13-14H2,1-3H3/b12-9+. The van der Waals surface area contributed by atoms with Gasteiger partial charge in [0, 0.05) is 22.3 Å². The van der Waals surface area contributed by atoms with Gasteiger partial charge in [0.15, 0.2) is 0 Å². The van der Waals surface area contributed by atoms with Gasteiger partial charge in [-0.25, -0.2) is 4.79 Å². The minimum absolute atomic E-state index is 0.230. The van der Waals surface area contributed by atoms with E-state index in [0.717, 1.165) is 19.3 Å². The van der Waals surface area contributed by atoms with E-state index in [2.05, 4.69) is 49.4 Å². The molecule has 2 saturated heterocycles. The van der Waals surface area contributed by atoms with E-state index in [0.29, 0.717) is 22.2 Å². The topological polar surface area (TPSA) is 55.8 Å². The number of alkyl halides is 1. The lowest BCUT2D eigenvalue weighted by Gasteiger charge is -2.51. The number of hydrogen-bond acceptors (Lipinski definition) is 4. The van der Waals surface area contributed by atoms with Gasteiger partial charge in [0.05, 0.1) is 11.7 Å². The SMILES string of the molecule is CC(C)CC12CC(O)C(C)(O1)C1CCC(I)C1C2OC(=O)/C=C/C1CCCCC1. The monoisotopic (exact) mass is 516 g/mol. The molecule has 4 aliphatic rings. The Morgan fingerprint density at radius 3 is 2.66 bits per heavy atom. The maximum Gasteiger partial charge on any atom is 0.330 e. The highest BCUT2D eigenvalue weighted by molar-refractivity contribution is 14.1. The van der Waals surface area contributed by atoms with Crippen molar-refractivity contribution < 1.29 is 19.4 Å². The Bertz CT molecular complexity index is 643. The minimum atomic E-state index is -0.564. The lowest BCUT2D eigenvalue weighted by molar-refractivity contribution is -0.250. The van der Waals surface area contributed by atoms with Crippen molar-refractivity contribution in [1.82, 2.24) is 0 Å². The van der Waals surface area contributed by atoms with E-state index >= 15 is 0 Å². The molecular formula is C24H37IO4. The highest BCUT2D eigenvalue weighted by Crippen LogP contribution is 2.61. The van der Waals surface area contributed by atoms with Crippen molar-refractivity contribution in [2.75, 3.05) is 0 Å². The summed E-state index contributed by atoms with van der Waals surface area (Å²) in [6.07, 6.45) is 12.7. The van der Waals surface area contributed by atoms with Crippen LogP contribution in [0.15, 0.2) is 12.2 Å². The summed E-state index contributed by atoms with van der Waals surface area (Å²) >= 11 is 2.54. The van der Waals surface area contributed by atoms with Gasteiger partial charge in [-0.05, 0) is 56.8 Å². The lowest BCUT2D eigenvalue weighted by atomic mass is 9.72. The van der Waals surface area contributed by atoms with E-state index in [1.54, 1.807) is 6.08 Å². The maximum atomic E-state index is 12.9. The summed E-state index contributed by atoms with van der Waals surface area (Å²) < 4.78 is 13.4. The quantitative estimate of drug-likeness (QED) is 0.236. The van der Waals surface area contributed by atoms with Crippen molar-refractivity contribution in [3.8, 4) is 0 Å². The van der Waals surface area contributed by atoms with Crippen LogP contribution in [0.1, 0.15) is 78.6 Å². The zero-order chi connectivity index (χ0) is 20.8. The molecule has 0 aromatic heterocycles. The second-order valence-corrected chi connectivity index (χ2v) is 12.2. The van der Waals surface area contributed by atoms with Crippen molar-refractivity contribution >= 4 is 28.6 Å². The Morgan fingerprint density at radius 1 is 1.24 bits per heavy atom.